The summed E-state index contributed by atoms with van der Waals surface area (Å²) in [4.78, 5) is 11.6. The monoisotopic (exact) mass is 285 g/mol. The zero-order chi connectivity index (χ0) is 13.7. The van der Waals surface area contributed by atoms with Gasteiger partial charge in [-0.05, 0) is 18.8 Å². The lowest BCUT2D eigenvalue weighted by atomic mass is 10.0. The van der Waals surface area contributed by atoms with Crippen LogP contribution in [0.4, 0.5) is 5.69 Å². The highest BCUT2D eigenvalue weighted by atomic mass is 35.5. The third kappa shape index (κ3) is 3.78. The quantitative estimate of drug-likeness (QED) is 0.850. The van der Waals surface area contributed by atoms with E-state index in [2.05, 4.69) is 20.3 Å². The Labute approximate surface area is 116 Å². The van der Waals surface area contributed by atoms with Gasteiger partial charge >= 0.3 is 5.97 Å². The van der Waals surface area contributed by atoms with Crippen LogP contribution in [0.3, 0.4) is 0 Å². The van der Waals surface area contributed by atoms with E-state index in [1.165, 1.54) is 7.11 Å². The topological polar surface area (TPSA) is 73.3 Å². The molecule has 0 radical (unpaired) electrons. The summed E-state index contributed by atoms with van der Waals surface area (Å²) < 4.78 is 9.97. The number of anilines is 1. The molecule has 0 spiro atoms. The van der Waals surface area contributed by atoms with Crippen molar-refractivity contribution in [2.75, 3.05) is 32.2 Å². The Kier molecular flexibility index (Phi) is 4.93. The second kappa shape index (κ2) is 6.68. The van der Waals surface area contributed by atoms with E-state index in [0.29, 0.717) is 11.6 Å². The molecule has 2 heterocycles. The molecule has 0 unspecified atom stereocenters. The van der Waals surface area contributed by atoms with Crippen molar-refractivity contribution in [3.8, 4) is 0 Å². The third-order valence-electron chi connectivity index (χ3n) is 3.06. The van der Waals surface area contributed by atoms with Crippen molar-refractivity contribution < 1.29 is 14.3 Å². The van der Waals surface area contributed by atoms with Gasteiger partial charge in [0.25, 0.3) is 0 Å². The second-order valence-electron chi connectivity index (χ2n) is 4.36. The molecule has 0 amide bonds. The molecule has 0 atom stereocenters. The van der Waals surface area contributed by atoms with Crippen LogP contribution in [0, 0.1) is 5.92 Å². The van der Waals surface area contributed by atoms with Gasteiger partial charge in [-0.25, -0.2) is 4.79 Å². The largest absolute Gasteiger partial charge is 0.464 e. The lowest BCUT2D eigenvalue weighted by Gasteiger charge is -2.22. The molecule has 1 saturated heterocycles. The van der Waals surface area contributed by atoms with Gasteiger partial charge < -0.3 is 14.8 Å². The molecule has 0 bridgehead atoms. The Morgan fingerprint density at radius 3 is 2.95 bits per heavy atom. The Bertz CT molecular complexity index is 450. The number of aromatic nitrogens is 2. The van der Waals surface area contributed by atoms with Crippen LogP contribution < -0.4 is 5.32 Å². The van der Waals surface area contributed by atoms with E-state index in [0.717, 1.165) is 32.6 Å². The SMILES string of the molecule is COC(=O)c1nnc(Cl)cc1NCC1CCOCC1. The number of ether oxygens (including phenoxy) is 2. The first kappa shape index (κ1) is 14.0. The van der Waals surface area contributed by atoms with Crippen molar-refractivity contribution in [2.45, 2.75) is 12.8 Å². The number of hydrogen-bond acceptors (Lipinski definition) is 6. The second-order valence-corrected chi connectivity index (χ2v) is 4.74. The number of carbonyl (C=O) groups is 1. The summed E-state index contributed by atoms with van der Waals surface area (Å²) in [5.74, 6) is -0.00941. The summed E-state index contributed by atoms with van der Waals surface area (Å²) >= 11 is 5.80. The van der Waals surface area contributed by atoms with Gasteiger partial charge in [0.1, 0.15) is 0 Å². The number of nitrogens with zero attached hydrogens (tertiary/aromatic N) is 2. The van der Waals surface area contributed by atoms with E-state index < -0.39 is 5.97 Å². The fourth-order valence-electron chi connectivity index (χ4n) is 1.95. The predicted octanol–water partition coefficient (Wildman–Crippen LogP) is 1.76. The van der Waals surface area contributed by atoms with Gasteiger partial charge in [-0.3, -0.25) is 0 Å². The summed E-state index contributed by atoms with van der Waals surface area (Å²) in [7, 11) is 1.31. The molecule has 1 aliphatic rings. The summed E-state index contributed by atoms with van der Waals surface area (Å²) in [6.07, 6.45) is 2.01. The smallest absolute Gasteiger partial charge is 0.360 e. The van der Waals surface area contributed by atoms with Gasteiger partial charge in [0.15, 0.2) is 10.8 Å². The first-order chi connectivity index (χ1) is 9.20. The standard InChI is InChI=1S/C12H16ClN3O3/c1-18-12(17)11-9(6-10(13)15-16-11)14-7-8-2-4-19-5-3-8/h6,8H,2-5,7H2,1H3,(H,14,15). The van der Waals surface area contributed by atoms with Gasteiger partial charge in [-0.2, -0.15) is 0 Å². The maximum absolute atomic E-state index is 11.6. The lowest BCUT2D eigenvalue weighted by molar-refractivity contribution is 0.0593. The molecule has 0 saturated carbocycles. The average molecular weight is 286 g/mol. The maximum Gasteiger partial charge on any atom is 0.360 e. The Hall–Kier alpha value is -1.40. The molecular weight excluding hydrogens is 270 g/mol. The normalized spacial score (nSPS) is 16.1. The van der Waals surface area contributed by atoms with Gasteiger partial charge in [-0.15, -0.1) is 10.2 Å². The van der Waals surface area contributed by atoms with E-state index in [1.807, 2.05) is 0 Å². The summed E-state index contributed by atoms with van der Waals surface area (Å²) in [6, 6.07) is 1.58. The number of carbonyl (C=O) groups excluding carboxylic acids is 1. The van der Waals surface area contributed by atoms with Crippen LogP contribution >= 0.6 is 11.6 Å². The highest BCUT2D eigenvalue weighted by molar-refractivity contribution is 6.29. The number of nitrogens with one attached hydrogen (secondary N) is 1. The van der Waals surface area contributed by atoms with Crippen LogP contribution in [-0.2, 0) is 9.47 Å². The van der Waals surface area contributed by atoms with E-state index >= 15 is 0 Å². The first-order valence-electron chi connectivity index (χ1n) is 6.14. The molecule has 1 aromatic rings. The zero-order valence-corrected chi connectivity index (χ0v) is 11.4. The van der Waals surface area contributed by atoms with Crippen LogP contribution in [0.1, 0.15) is 23.3 Å². The van der Waals surface area contributed by atoms with Crippen LogP contribution in [0.2, 0.25) is 5.15 Å². The van der Waals surface area contributed by atoms with E-state index in [-0.39, 0.29) is 10.8 Å². The third-order valence-corrected chi connectivity index (χ3v) is 3.25. The molecule has 1 N–H and O–H groups in total. The fraction of sp³-hybridized carbons (Fsp3) is 0.583. The van der Waals surface area contributed by atoms with Crippen LogP contribution in [-0.4, -0.2) is 43.0 Å². The van der Waals surface area contributed by atoms with Gasteiger partial charge in [0.2, 0.25) is 0 Å². The van der Waals surface area contributed by atoms with Crippen molar-refractivity contribution in [3.63, 3.8) is 0 Å². The molecule has 1 aromatic heterocycles. The van der Waals surface area contributed by atoms with Crippen molar-refractivity contribution >= 4 is 23.3 Å². The highest BCUT2D eigenvalue weighted by Crippen LogP contribution is 2.20. The van der Waals surface area contributed by atoms with Crippen LogP contribution in [0.5, 0.6) is 0 Å². The molecule has 104 valence electrons. The highest BCUT2D eigenvalue weighted by Gasteiger charge is 2.18. The molecule has 19 heavy (non-hydrogen) atoms. The predicted molar refractivity (Wildman–Crippen MR) is 70.4 cm³/mol. The van der Waals surface area contributed by atoms with Crippen molar-refractivity contribution in [1.82, 2.24) is 10.2 Å². The van der Waals surface area contributed by atoms with Crippen LogP contribution in [0.25, 0.3) is 0 Å². The van der Waals surface area contributed by atoms with Gasteiger partial charge in [0.05, 0.1) is 12.8 Å². The average Bonchev–Trinajstić information content (AvgIpc) is 2.45. The number of hydrogen-bond donors (Lipinski definition) is 1. The number of rotatable bonds is 4. The van der Waals surface area contributed by atoms with E-state index in [9.17, 15) is 4.79 Å². The Morgan fingerprint density at radius 1 is 1.53 bits per heavy atom. The number of esters is 1. The Morgan fingerprint density at radius 2 is 2.26 bits per heavy atom. The first-order valence-corrected chi connectivity index (χ1v) is 6.51. The molecular formula is C12H16ClN3O3. The molecule has 6 nitrogen and oxygen atoms in total. The van der Waals surface area contributed by atoms with Crippen molar-refractivity contribution in [3.05, 3.63) is 16.9 Å². The molecule has 2 rings (SSSR count). The number of halogens is 1. The minimum Gasteiger partial charge on any atom is -0.464 e. The van der Waals surface area contributed by atoms with Crippen LogP contribution in [0.15, 0.2) is 6.07 Å². The van der Waals surface area contributed by atoms with E-state index in [4.69, 9.17) is 16.3 Å². The minimum atomic E-state index is -0.529. The Balaban J connectivity index is 2.05. The zero-order valence-electron chi connectivity index (χ0n) is 10.7. The summed E-state index contributed by atoms with van der Waals surface area (Å²) in [5, 5.41) is 10.9. The lowest BCUT2D eigenvalue weighted by Crippen LogP contribution is -2.23. The fourth-order valence-corrected chi connectivity index (χ4v) is 2.10. The van der Waals surface area contributed by atoms with Gasteiger partial charge in [-0.1, -0.05) is 11.6 Å². The maximum atomic E-state index is 11.6. The molecule has 0 aromatic carbocycles. The summed E-state index contributed by atoms with van der Waals surface area (Å²) in [6.45, 7) is 2.31. The molecule has 0 aliphatic carbocycles. The van der Waals surface area contributed by atoms with E-state index in [1.54, 1.807) is 6.07 Å². The molecule has 1 aliphatic heterocycles. The number of methoxy groups -OCH3 is 1. The molecule has 7 heteroatoms. The summed E-state index contributed by atoms with van der Waals surface area (Å²) in [5.41, 5.74) is 0.706. The minimum absolute atomic E-state index is 0.152. The van der Waals surface area contributed by atoms with Crippen molar-refractivity contribution in [2.24, 2.45) is 5.92 Å². The molecule has 1 fully saturated rings. The van der Waals surface area contributed by atoms with Crippen molar-refractivity contribution in [1.29, 1.82) is 0 Å². The van der Waals surface area contributed by atoms with Gasteiger partial charge in [0, 0.05) is 25.8 Å².